The lowest BCUT2D eigenvalue weighted by Crippen LogP contribution is -2.35. The monoisotopic (exact) mass is 314 g/mol. The highest BCUT2D eigenvalue weighted by Crippen LogP contribution is 2.06. The van der Waals surface area contributed by atoms with Crippen molar-refractivity contribution in [3.05, 3.63) is 0 Å². The van der Waals surface area contributed by atoms with Crippen molar-refractivity contribution >= 4 is 5.91 Å². The Morgan fingerprint density at radius 3 is 2.18 bits per heavy atom. The number of aliphatic hydroxyl groups excluding tert-OH is 1. The van der Waals surface area contributed by atoms with Crippen LogP contribution in [0.15, 0.2) is 0 Å². The smallest absolute Gasteiger partial charge is 0.220 e. The molecule has 0 aromatic rings. The summed E-state index contributed by atoms with van der Waals surface area (Å²) in [7, 11) is 2.06. The van der Waals surface area contributed by atoms with Gasteiger partial charge in [0.15, 0.2) is 0 Å². The molecule has 0 unspecified atom stereocenters. The maximum Gasteiger partial charge on any atom is 0.220 e. The van der Waals surface area contributed by atoms with Crippen LogP contribution in [0.25, 0.3) is 0 Å². The molecule has 0 radical (unpaired) electrons. The Morgan fingerprint density at radius 1 is 0.909 bits per heavy atom. The van der Waals surface area contributed by atoms with E-state index in [1.165, 1.54) is 51.4 Å². The Morgan fingerprint density at radius 2 is 1.50 bits per heavy atom. The Bertz CT molecular complexity index is 247. The number of unbranched alkanes of at least 4 members (excludes halogenated alkanes) is 9. The molecule has 0 aromatic carbocycles. The third-order valence-electron chi connectivity index (χ3n) is 4.00. The van der Waals surface area contributed by atoms with Crippen LogP contribution >= 0.6 is 0 Å². The van der Waals surface area contributed by atoms with Gasteiger partial charge in [0, 0.05) is 13.0 Å². The molecule has 0 saturated heterocycles. The van der Waals surface area contributed by atoms with Crippen molar-refractivity contribution in [3.63, 3.8) is 0 Å². The number of nitrogens with zero attached hydrogens (tertiary/aromatic N) is 1. The lowest BCUT2D eigenvalue weighted by atomic mass is 10.1. The molecule has 0 aliphatic carbocycles. The fourth-order valence-corrected chi connectivity index (χ4v) is 2.48. The minimum atomic E-state index is 0.187. The third-order valence-corrected chi connectivity index (χ3v) is 4.00. The van der Waals surface area contributed by atoms with Crippen molar-refractivity contribution in [3.8, 4) is 0 Å². The first-order valence-electron chi connectivity index (χ1n) is 9.26. The largest absolute Gasteiger partial charge is 0.396 e. The van der Waals surface area contributed by atoms with E-state index in [1.807, 2.05) is 0 Å². The molecule has 0 fully saturated rings. The second kappa shape index (κ2) is 16.8. The first-order chi connectivity index (χ1) is 10.7. The number of rotatable bonds is 16. The van der Waals surface area contributed by atoms with Gasteiger partial charge in [0.05, 0.1) is 6.67 Å². The lowest BCUT2D eigenvalue weighted by molar-refractivity contribution is -0.121. The van der Waals surface area contributed by atoms with Crippen LogP contribution in [0.3, 0.4) is 0 Å². The minimum Gasteiger partial charge on any atom is -0.396 e. The van der Waals surface area contributed by atoms with Crippen LogP contribution in [0, 0.1) is 0 Å². The van der Waals surface area contributed by atoms with Crippen LogP contribution in [0.4, 0.5) is 0 Å². The summed E-state index contributed by atoms with van der Waals surface area (Å²) in [5.74, 6) is 0.187. The molecular formula is C18H38N2O2. The van der Waals surface area contributed by atoms with E-state index in [2.05, 4.69) is 24.2 Å². The van der Waals surface area contributed by atoms with Gasteiger partial charge < -0.3 is 10.4 Å². The van der Waals surface area contributed by atoms with Crippen molar-refractivity contribution in [2.45, 2.75) is 84.0 Å². The molecule has 4 heteroatoms. The SMILES string of the molecule is CCCCCCCC(=O)NCN(C)CCCCCCCCO. The summed E-state index contributed by atoms with van der Waals surface area (Å²) in [5.41, 5.74) is 0. The second-order valence-electron chi connectivity index (χ2n) is 6.35. The van der Waals surface area contributed by atoms with Gasteiger partial charge in [-0.2, -0.15) is 0 Å². The first-order valence-corrected chi connectivity index (χ1v) is 9.26. The topological polar surface area (TPSA) is 52.6 Å². The quantitative estimate of drug-likeness (QED) is 0.337. The van der Waals surface area contributed by atoms with Crippen molar-refractivity contribution < 1.29 is 9.90 Å². The summed E-state index contributed by atoms with van der Waals surface area (Å²) >= 11 is 0. The fourth-order valence-electron chi connectivity index (χ4n) is 2.48. The molecule has 0 aromatic heterocycles. The predicted octanol–water partition coefficient (Wildman–Crippen LogP) is 3.69. The van der Waals surface area contributed by atoms with Crippen LogP contribution < -0.4 is 5.32 Å². The Balaban J connectivity index is 3.33. The van der Waals surface area contributed by atoms with Crippen LogP contribution in [0.5, 0.6) is 0 Å². The van der Waals surface area contributed by atoms with E-state index >= 15 is 0 Å². The maximum absolute atomic E-state index is 11.7. The molecule has 0 aliphatic heterocycles. The Kier molecular flexibility index (Phi) is 16.3. The molecule has 0 bridgehead atoms. The number of aliphatic hydroxyl groups is 1. The van der Waals surface area contributed by atoms with Gasteiger partial charge in [0.25, 0.3) is 0 Å². The zero-order valence-corrected chi connectivity index (χ0v) is 14.9. The molecule has 1 amide bonds. The van der Waals surface area contributed by atoms with Crippen LogP contribution in [-0.4, -0.2) is 42.8 Å². The molecule has 0 aliphatic rings. The zero-order chi connectivity index (χ0) is 16.5. The van der Waals surface area contributed by atoms with E-state index in [0.717, 1.165) is 25.8 Å². The van der Waals surface area contributed by atoms with E-state index in [4.69, 9.17) is 5.11 Å². The molecule has 0 rings (SSSR count). The Hall–Kier alpha value is -0.610. The molecule has 2 N–H and O–H groups in total. The van der Waals surface area contributed by atoms with E-state index in [-0.39, 0.29) is 5.91 Å². The van der Waals surface area contributed by atoms with Gasteiger partial charge in [0.1, 0.15) is 0 Å². The normalized spacial score (nSPS) is 11.1. The fraction of sp³-hybridized carbons (Fsp3) is 0.944. The summed E-state index contributed by atoms with van der Waals surface area (Å²) in [6, 6.07) is 0. The van der Waals surface area contributed by atoms with Crippen LogP contribution in [0.1, 0.15) is 84.0 Å². The summed E-state index contributed by atoms with van der Waals surface area (Å²) in [6.45, 7) is 4.23. The number of carbonyl (C=O) groups is 1. The zero-order valence-electron chi connectivity index (χ0n) is 14.9. The van der Waals surface area contributed by atoms with E-state index < -0.39 is 0 Å². The van der Waals surface area contributed by atoms with Gasteiger partial charge in [-0.25, -0.2) is 0 Å². The molecule has 0 heterocycles. The number of carbonyl (C=O) groups excluding carboxylic acids is 1. The van der Waals surface area contributed by atoms with Gasteiger partial charge in [-0.15, -0.1) is 0 Å². The van der Waals surface area contributed by atoms with Crippen molar-refractivity contribution in [2.24, 2.45) is 0 Å². The lowest BCUT2D eigenvalue weighted by Gasteiger charge is -2.17. The highest BCUT2D eigenvalue weighted by molar-refractivity contribution is 5.75. The predicted molar refractivity (Wildman–Crippen MR) is 93.8 cm³/mol. The number of nitrogens with one attached hydrogen (secondary N) is 1. The molecule has 4 nitrogen and oxygen atoms in total. The molecule has 0 spiro atoms. The van der Waals surface area contributed by atoms with Crippen molar-refractivity contribution in [2.75, 3.05) is 26.9 Å². The maximum atomic E-state index is 11.7. The van der Waals surface area contributed by atoms with Gasteiger partial charge in [-0.05, 0) is 32.9 Å². The van der Waals surface area contributed by atoms with Gasteiger partial charge in [-0.3, -0.25) is 9.69 Å². The number of amides is 1. The summed E-state index contributed by atoms with van der Waals surface area (Å²) < 4.78 is 0. The summed E-state index contributed by atoms with van der Waals surface area (Å²) in [4.78, 5) is 13.9. The first kappa shape index (κ1) is 21.4. The highest BCUT2D eigenvalue weighted by Gasteiger charge is 2.03. The third kappa shape index (κ3) is 15.8. The molecule has 22 heavy (non-hydrogen) atoms. The van der Waals surface area contributed by atoms with Gasteiger partial charge in [0.2, 0.25) is 5.91 Å². The number of hydrogen-bond acceptors (Lipinski definition) is 3. The molecular weight excluding hydrogens is 276 g/mol. The van der Waals surface area contributed by atoms with Crippen molar-refractivity contribution in [1.82, 2.24) is 10.2 Å². The van der Waals surface area contributed by atoms with Gasteiger partial charge >= 0.3 is 0 Å². The van der Waals surface area contributed by atoms with Crippen molar-refractivity contribution in [1.29, 1.82) is 0 Å². The Labute approximate surface area is 137 Å². The summed E-state index contributed by atoms with van der Waals surface area (Å²) in [5, 5.41) is 11.7. The summed E-state index contributed by atoms with van der Waals surface area (Å²) in [6.07, 6.45) is 13.6. The second-order valence-corrected chi connectivity index (χ2v) is 6.35. The standard InChI is InChI=1S/C18H38N2O2/c1-3-4-5-8-11-14-18(22)19-17-20(2)15-12-9-6-7-10-13-16-21/h21H,3-17H2,1-2H3,(H,19,22). The van der Waals surface area contributed by atoms with Crippen LogP contribution in [0.2, 0.25) is 0 Å². The minimum absolute atomic E-state index is 0.187. The average molecular weight is 315 g/mol. The molecule has 0 atom stereocenters. The average Bonchev–Trinajstić information content (AvgIpc) is 2.52. The number of hydrogen-bond donors (Lipinski definition) is 2. The molecule has 0 saturated carbocycles. The van der Waals surface area contributed by atoms with E-state index in [1.54, 1.807) is 0 Å². The van der Waals surface area contributed by atoms with Gasteiger partial charge in [-0.1, -0.05) is 58.3 Å². The molecule has 132 valence electrons. The van der Waals surface area contributed by atoms with E-state index in [9.17, 15) is 4.79 Å². The highest BCUT2D eigenvalue weighted by atomic mass is 16.2. The van der Waals surface area contributed by atoms with E-state index in [0.29, 0.717) is 19.7 Å². The van der Waals surface area contributed by atoms with Crippen LogP contribution in [-0.2, 0) is 4.79 Å².